The van der Waals surface area contributed by atoms with Crippen LogP contribution in [0.15, 0.2) is 28.6 Å². The third kappa shape index (κ3) is 3.74. The van der Waals surface area contributed by atoms with Gasteiger partial charge in [-0.05, 0) is 31.0 Å². The normalized spacial score (nSPS) is 16.8. The molecule has 0 N–H and O–H groups in total. The molecule has 120 valence electrons. The Morgan fingerprint density at radius 2 is 2.17 bits per heavy atom. The number of aromatic nitrogens is 1. The van der Waals surface area contributed by atoms with Crippen LogP contribution in [-0.4, -0.2) is 28.2 Å². The van der Waals surface area contributed by atoms with Gasteiger partial charge in [0, 0.05) is 35.9 Å². The molecule has 2 heterocycles. The van der Waals surface area contributed by atoms with Crippen LogP contribution >= 0.6 is 34.5 Å². The van der Waals surface area contributed by atoms with Crippen molar-refractivity contribution in [3.63, 3.8) is 0 Å². The minimum Gasteiger partial charge on any atom is -0.300 e. The highest BCUT2D eigenvalue weighted by molar-refractivity contribution is 7.13. The van der Waals surface area contributed by atoms with E-state index in [9.17, 15) is 4.79 Å². The number of amidine groups is 1. The van der Waals surface area contributed by atoms with E-state index in [0.29, 0.717) is 15.2 Å². The predicted octanol–water partition coefficient (Wildman–Crippen LogP) is 5.18. The number of rotatable bonds is 2. The average molecular weight is 368 g/mol. The molecule has 7 heteroatoms. The van der Waals surface area contributed by atoms with Crippen LogP contribution in [0.3, 0.4) is 0 Å². The Morgan fingerprint density at radius 1 is 1.35 bits per heavy atom. The molecule has 4 nitrogen and oxygen atoms in total. The summed E-state index contributed by atoms with van der Waals surface area (Å²) in [6.07, 6.45) is 2.86. The molecule has 1 aliphatic rings. The molecule has 1 aromatic heterocycles. The third-order valence-electron chi connectivity index (χ3n) is 3.65. The van der Waals surface area contributed by atoms with Gasteiger partial charge in [0.2, 0.25) is 11.0 Å². The topological polar surface area (TPSA) is 45.6 Å². The van der Waals surface area contributed by atoms with Crippen molar-refractivity contribution in [2.75, 3.05) is 6.54 Å². The summed E-state index contributed by atoms with van der Waals surface area (Å²) < 4.78 is 0. The first kappa shape index (κ1) is 16.4. The number of hydrogen-bond acceptors (Lipinski definition) is 4. The van der Waals surface area contributed by atoms with Crippen molar-refractivity contribution >= 4 is 51.4 Å². The van der Waals surface area contributed by atoms with Crippen LogP contribution in [0, 0.1) is 0 Å². The van der Waals surface area contributed by atoms with Gasteiger partial charge >= 0.3 is 0 Å². The van der Waals surface area contributed by atoms with Gasteiger partial charge in [0.15, 0.2) is 0 Å². The number of halogens is 2. The van der Waals surface area contributed by atoms with Crippen LogP contribution in [0.5, 0.6) is 0 Å². The minimum atomic E-state index is 0.0287. The summed E-state index contributed by atoms with van der Waals surface area (Å²) in [6.45, 7) is 2.30. The van der Waals surface area contributed by atoms with Gasteiger partial charge in [-0.25, -0.2) is 9.98 Å². The number of nitrogens with zero attached hydrogens (tertiary/aromatic N) is 3. The molecule has 0 bridgehead atoms. The molecule has 0 spiro atoms. The van der Waals surface area contributed by atoms with E-state index < -0.39 is 0 Å². The Morgan fingerprint density at radius 3 is 2.91 bits per heavy atom. The summed E-state index contributed by atoms with van der Waals surface area (Å²) in [6, 6.07) is 5.33. The van der Waals surface area contributed by atoms with E-state index in [2.05, 4.69) is 9.98 Å². The Bertz CT molecular complexity index is 772. The van der Waals surface area contributed by atoms with E-state index in [1.807, 2.05) is 11.4 Å². The van der Waals surface area contributed by atoms with Crippen LogP contribution in [0.4, 0.5) is 5.13 Å². The standard InChI is InChI=1S/C16H15Cl2N3OS/c1-10(22)21-7-3-2-4-15(21)20-16-19-14(9-23-16)12-6-5-11(17)8-13(12)18/h5-6,8-9H,2-4,7H2,1H3. The predicted molar refractivity (Wildman–Crippen MR) is 95.9 cm³/mol. The van der Waals surface area contributed by atoms with E-state index in [1.165, 1.54) is 11.3 Å². The molecule has 0 aliphatic carbocycles. The highest BCUT2D eigenvalue weighted by Crippen LogP contribution is 2.33. The number of piperidine rings is 1. The van der Waals surface area contributed by atoms with Crippen molar-refractivity contribution in [3.8, 4) is 11.3 Å². The first-order valence-electron chi connectivity index (χ1n) is 7.31. The lowest BCUT2D eigenvalue weighted by Crippen LogP contribution is -2.38. The molecule has 23 heavy (non-hydrogen) atoms. The zero-order valence-corrected chi connectivity index (χ0v) is 14.9. The van der Waals surface area contributed by atoms with Crippen molar-refractivity contribution in [1.82, 2.24) is 9.88 Å². The summed E-state index contributed by atoms with van der Waals surface area (Å²) >= 11 is 13.6. The summed E-state index contributed by atoms with van der Waals surface area (Å²) in [5.74, 6) is 0.827. The second kappa shape index (κ2) is 6.99. The van der Waals surface area contributed by atoms with Crippen molar-refractivity contribution in [2.24, 2.45) is 4.99 Å². The lowest BCUT2D eigenvalue weighted by atomic mass is 10.1. The minimum absolute atomic E-state index is 0.0287. The van der Waals surface area contributed by atoms with Gasteiger partial charge in [-0.2, -0.15) is 0 Å². The maximum Gasteiger partial charge on any atom is 0.224 e. The molecule has 1 fully saturated rings. The maximum atomic E-state index is 11.7. The van der Waals surface area contributed by atoms with E-state index >= 15 is 0 Å². The van der Waals surface area contributed by atoms with Crippen LogP contribution < -0.4 is 0 Å². The van der Waals surface area contributed by atoms with Gasteiger partial charge in [0.05, 0.1) is 10.7 Å². The number of benzene rings is 1. The van der Waals surface area contributed by atoms with Gasteiger partial charge in [0.25, 0.3) is 0 Å². The Hall–Kier alpha value is -1.43. The summed E-state index contributed by atoms with van der Waals surface area (Å²) in [5.41, 5.74) is 1.59. The van der Waals surface area contributed by atoms with Crippen LogP contribution in [0.25, 0.3) is 11.3 Å². The first-order valence-corrected chi connectivity index (χ1v) is 8.95. The Labute approximate surface area is 148 Å². The summed E-state index contributed by atoms with van der Waals surface area (Å²) in [7, 11) is 0. The molecule has 1 aromatic carbocycles. The Balaban J connectivity index is 1.89. The van der Waals surface area contributed by atoms with E-state index in [0.717, 1.165) is 42.9 Å². The smallest absolute Gasteiger partial charge is 0.224 e. The maximum absolute atomic E-state index is 11.7. The number of thiazole rings is 1. The van der Waals surface area contributed by atoms with Gasteiger partial charge in [-0.15, -0.1) is 11.3 Å². The number of aliphatic imine (C=N–C) groups is 1. The molecule has 2 aromatic rings. The van der Waals surface area contributed by atoms with Gasteiger partial charge < -0.3 is 4.90 Å². The van der Waals surface area contributed by atoms with Crippen molar-refractivity contribution in [3.05, 3.63) is 33.6 Å². The summed E-state index contributed by atoms with van der Waals surface area (Å²) in [4.78, 5) is 22.5. The number of carbonyl (C=O) groups excluding carboxylic acids is 1. The quantitative estimate of drug-likeness (QED) is 0.733. The molecule has 1 amide bonds. The average Bonchev–Trinajstić information content (AvgIpc) is 2.96. The fourth-order valence-corrected chi connectivity index (χ4v) is 3.73. The summed E-state index contributed by atoms with van der Waals surface area (Å²) in [5, 5.41) is 3.70. The second-order valence-corrected chi connectivity index (χ2v) is 6.98. The number of amides is 1. The van der Waals surface area contributed by atoms with Crippen molar-refractivity contribution in [1.29, 1.82) is 0 Å². The SMILES string of the molecule is CC(=O)N1CCCCC1=Nc1nc(-c2ccc(Cl)cc2Cl)cs1. The van der Waals surface area contributed by atoms with Crippen LogP contribution in [0.1, 0.15) is 26.2 Å². The van der Waals surface area contributed by atoms with Crippen LogP contribution in [0.2, 0.25) is 10.0 Å². The lowest BCUT2D eigenvalue weighted by Gasteiger charge is -2.26. The molecule has 3 rings (SSSR count). The first-order chi connectivity index (χ1) is 11.0. The molecular formula is C16H15Cl2N3OS. The van der Waals surface area contributed by atoms with Gasteiger partial charge in [-0.1, -0.05) is 23.2 Å². The zero-order valence-electron chi connectivity index (χ0n) is 12.6. The van der Waals surface area contributed by atoms with E-state index in [4.69, 9.17) is 23.2 Å². The second-order valence-electron chi connectivity index (χ2n) is 5.30. The molecular weight excluding hydrogens is 353 g/mol. The molecule has 0 atom stereocenters. The van der Waals surface area contributed by atoms with Crippen molar-refractivity contribution < 1.29 is 4.79 Å². The molecule has 0 radical (unpaired) electrons. The van der Waals surface area contributed by atoms with E-state index in [1.54, 1.807) is 24.0 Å². The fraction of sp³-hybridized carbons (Fsp3) is 0.312. The largest absolute Gasteiger partial charge is 0.300 e. The van der Waals surface area contributed by atoms with Crippen LogP contribution in [-0.2, 0) is 4.79 Å². The highest BCUT2D eigenvalue weighted by Gasteiger charge is 2.20. The van der Waals surface area contributed by atoms with E-state index in [-0.39, 0.29) is 5.91 Å². The fourth-order valence-electron chi connectivity index (χ4n) is 2.52. The molecule has 0 saturated carbocycles. The lowest BCUT2D eigenvalue weighted by molar-refractivity contribution is -0.125. The van der Waals surface area contributed by atoms with Crippen molar-refractivity contribution in [2.45, 2.75) is 26.2 Å². The molecule has 1 aliphatic heterocycles. The van der Waals surface area contributed by atoms with Gasteiger partial charge in [-0.3, -0.25) is 4.79 Å². The Kier molecular flexibility index (Phi) is 4.99. The van der Waals surface area contributed by atoms with Gasteiger partial charge in [0.1, 0.15) is 5.84 Å². The highest BCUT2D eigenvalue weighted by atomic mass is 35.5. The zero-order chi connectivity index (χ0) is 16.4. The third-order valence-corrected chi connectivity index (χ3v) is 4.93. The number of hydrogen-bond donors (Lipinski definition) is 0. The molecule has 0 unspecified atom stereocenters. The number of carbonyl (C=O) groups is 1. The monoisotopic (exact) mass is 367 g/mol. The molecule has 1 saturated heterocycles. The number of likely N-dealkylation sites (tertiary alicyclic amines) is 1.